The fourth-order valence-corrected chi connectivity index (χ4v) is 6.98. The highest BCUT2D eigenvalue weighted by atomic mass is 32.1. The Morgan fingerprint density at radius 3 is 2.45 bits per heavy atom. The van der Waals surface area contributed by atoms with Crippen molar-refractivity contribution in [2.45, 2.75) is 75.6 Å². The summed E-state index contributed by atoms with van der Waals surface area (Å²) < 4.78 is 103. The molecular formula is C31H28F7N3O5S. The van der Waals surface area contributed by atoms with Crippen LogP contribution in [0.15, 0.2) is 48.0 Å². The molecule has 3 aromatic rings. The lowest BCUT2D eigenvalue weighted by atomic mass is 9.79. The van der Waals surface area contributed by atoms with Crippen LogP contribution in [-0.2, 0) is 34.9 Å². The minimum Gasteiger partial charge on any atom is -0.480 e. The number of carbonyl (C=O) groups excluding carboxylic acids is 2. The van der Waals surface area contributed by atoms with Crippen LogP contribution in [0.5, 0.6) is 5.75 Å². The Hall–Kier alpha value is -4.21. The summed E-state index contributed by atoms with van der Waals surface area (Å²) in [7, 11) is 0. The molecule has 3 atom stereocenters. The molecule has 252 valence electrons. The summed E-state index contributed by atoms with van der Waals surface area (Å²) in [6.45, 7) is 1.20. The van der Waals surface area contributed by atoms with Gasteiger partial charge in [-0.05, 0) is 48.2 Å². The Morgan fingerprint density at radius 2 is 1.81 bits per heavy atom. The van der Waals surface area contributed by atoms with E-state index in [0.717, 1.165) is 39.6 Å². The minimum atomic E-state index is -4.96. The van der Waals surface area contributed by atoms with Gasteiger partial charge in [0.2, 0.25) is 5.60 Å². The van der Waals surface area contributed by atoms with Crippen LogP contribution in [0.2, 0.25) is 0 Å². The monoisotopic (exact) mass is 687 g/mol. The van der Waals surface area contributed by atoms with Crippen molar-refractivity contribution in [3.05, 3.63) is 81.1 Å². The first-order valence-electron chi connectivity index (χ1n) is 14.6. The number of carboxylic acid groups (broad SMARTS) is 1. The third kappa shape index (κ3) is 6.64. The zero-order valence-corrected chi connectivity index (χ0v) is 25.5. The Kier molecular flexibility index (Phi) is 9.27. The molecule has 4 heterocycles. The average molecular weight is 688 g/mol. The molecule has 0 radical (unpaired) electrons. The number of piperidine rings is 1. The number of nitrogens with zero attached hydrogens (tertiary/aromatic N) is 3. The van der Waals surface area contributed by atoms with Crippen LogP contribution in [0, 0.1) is 5.82 Å². The van der Waals surface area contributed by atoms with Crippen LogP contribution < -0.4 is 4.74 Å². The molecule has 2 aromatic heterocycles. The second-order valence-corrected chi connectivity index (χ2v) is 12.3. The summed E-state index contributed by atoms with van der Waals surface area (Å²) in [5, 5.41) is 11.2. The molecular weight excluding hydrogens is 659 g/mol. The maximum atomic E-state index is 14.8. The van der Waals surface area contributed by atoms with Crippen LogP contribution >= 0.6 is 11.3 Å². The standard InChI is InChI=1S/C31H28F7N3O5S/c1-2-5-23-29(46-20-14-24(47-16-20)31(36,37)38,9-4-11-40(23)26(42)25-21(30(33,34)35)6-3-10-39-25)28(45)41-15-17-7-8-19(32)12-18(17)13-22(41)27(43)44/h3,6-8,10,12,14,16,22-23H,2,4-5,9,11,13,15H2,1H3,(H,43,44)/t22-,23-,29+/m1/s1. The molecule has 47 heavy (non-hydrogen) atoms. The molecule has 1 N–H and O–H groups in total. The lowest BCUT2D eigenvalue weighted by Gasteiger charge is -2.51. The van der Waals surface area contributed by atoms with Crippen molar-refractivity contribution in [1.82, 2.24) is 14.8 Å². The molecule has 8 nitrogen and oxygen atoms in total. The first-order chi connectivity index (χ1) is 22.1. The van der Waals surface area contributed by atoms with Gasteiger partial charge in [-0.2, -0.15) is 26.3 Å². The number of carbonyl (C=O) groups is 3. The SMILES string of the molecule is CCC[C@H]1N(C(=O)c2ncccc2C(F)(F)F)CCC[C@@]1(Oc1csc(C(F)(F)F)c1)C(=O)N1Cc2ccc(F)cc2C[C@@H]1C(=O)O. The molecule has 1 aromatic carbocycles. The number of carboxylic acids is 1. The van der Waals surface area contributed by atoms with Crippen molar-refractivity contribution in [2.24, 2.45) is 0 Å². The van der Waals surface area contributed by atoms with Gasteiger partial charge in [0.15, 0.2) is 0 Å². The fourth-order valence-electron chi connectivity index (χ4n) is 6.30. The maximum Gasteiger partial charge on any atom is 0.425 e. The molecule has 0 aliphatic carbocycles. The fraction of sp³-hybridized carbons (Fsp3) is 0.419. The summed E-state index contributed by atoms with van der Waals surface area (Å²) >= 11 is 0.292. The number of hydrogen-bond acceptors (Lipinski definition) is 6. The molecule has 0 spiro atoms. The quantitative estimate of drug-likeness (QED) is 0.282. The Bertz CT molecular complexity index is 1680. The van der Waals surface area contributed by atoms with E-state index in [-0.39, 0.29) is 50.9 Å². The van der Waals surface area contributed by atoms with Crippen molar-refractivity contribution in [2.75, 3.05) is 6.54 Å². The summed E-state index contributed by atoms with van der Waals surface area (Å²) in [6.07, 6.45) is -9.04. The van der Waals surface area contributed by atoms with Gasteiger partial charge in [0.25, 0.3) is 11.8 Å². The summed E-state index contributed by atoms with van der Waals surface area (Å²) in [4.78, 5) is 45.8. The number of aliphatic carboxylic acids is 1. The van der Waals surface area contributed by atoms with Gasteiger partial charge in [-0.3, -0.25) is 14.6 Å². The van der Waals surface area contributed by atoms with Gasteiger partial charge in [0, 0.05) is 43.6 Å². The number of alkyl halides is 6. The third-order valence-corrected chi connectivity index (χ3v) is 9.31. The summed E-state index contributed by atoms with van der Waals surface area (Å²) in [5.41, 5.74) is -3.71. The van der Waals surface area contributed by atoms with E-state index in [2.05, 4.69) is 4.98 Å². The topological polar surface area (TPSA) is 100 Å². The zero-order valence-electron chi connectivity index (χ0n) is 24.7. The van der Waals surface area contributed by atoms with Gasteiger partial charge in [-0.15, -0.1) is 11.3 Å². The van der Waals surface area contributed by atoms with Crippen LogP contribution in [0.1, 0.15) is 64.7 Å². The molecule has 5 rings (SSSR count). The van der Waals surface area contributed by atoms with Crippen molar-refractivity contribution in [3.8, 4) is 5.75 Å². The number of ether oxygens (including phenoxy) is 1. The number of halogens is 7. The number of thiophene rings is 1. The first-order valence-corrected chi connectivity index (χ1v) is 15.4. The van der Waals surface area contributed by atoms with E-state index in [1.165, 1.54) is 6.07 Å². The van der Waals surface area contributed by atoms with Crippen molar-refractivity contribution in [3.63, 3.8) is 0 Å². The highest BCUT2D eigenvalue weighted by Gasteiger charge is 2.57. The molecule has 2 aliphatic heterocycles. The normalized spacial score (nSPS) is 21.7. The van der Waals surface area contributed by atoms with Gasteiger partial charge in [-0.1, -0.05) is 19.4 Å². The van der Waals surface area contributed by atoms with Gasteiger partial charge >= 0.3 is 18.3 Å². The van der Waals surface area contributed by atoms with E-state index in [1.54, 1.807) is 6.92 Å². The zero-order chi connectivity index (χ0) is 34.3. The van der Waals surface area contributed by atoms with E-state index in [4.69, 9.17) is 4.74 Å². The Morgan fingerprint density at radius 1 is 1.06 bits per heavy atom. The smallest absolute Gasteiger partial charge is 0.425 e. The largest absolute Gasteiger partial charge is 0.480 e. The minimum absolute atomic E-state index is 0.0322. The second-order valence-electron chi connectivity index (χ2n) is 11.3. The molecule has 16 heteroatoms. The number of benzene rings is 1. The predicted octanol–water partition coefficient (Wildman–Crippen LogP) is 6.58. The number of amides is 2. The van der Waals surface area contributed by atoms with E-state index >= 15 is 0 Å². The van der Waals surface area contributed by atoms with Gasteiger partial charge in [0.1, 0.15) is 28.2 Å². The first kappa shape index (κ1) is 34.1. The third-order valence-electron chi connectivity index (χ3n) is 8.36. The van der Waals surface area contributed by atoms with E-state index in [0.29, 0.717) is 34.6 Å². The van der Waals surface area contributed by atoms with Crippen LogP contribution in [0.25, 0.3) is 0 Å². The molecule has 1 saturated heterocycles. The maximum absolute atomic E-state index is 14.8. The molecule has 0 bridgehead atoms. The van der Waals surface area contributed by atoms with Crippen LogP contribution in [0.4, 0.5) is 30.7 Å². The number of pyridine rings is 1. The predicted molar refractivity (Wildman–Crippen MR) is 153 cm³/mol. The second kappa shape index (κ2) is 12.8. The van der Waals surface area contributed by atoms with Crippen molar-refractivity contribution < 1.29 is 55.0 Å². The molecule has 1 fully saturated rings. The number of likely N-dealkylation sites (tertiary alicyclic amines) is 1. The highest BCUT2D eigenvalue weighted by Crippen LogP contribution is 2.43. The highest BCUT2D eigenvalue weighted by molar-refractivity contribution is 7.10. The van der Waals surface area contributed by atoms with E-state index in [9.17, 15) is 50.2 Å². The number of rotatable bonds is 7. The lowest BCUT2D eigenvalue weighted by Crippen LogP contribution is -2.69. The van der Waals surface area contributed by atoms with Crippen LogP contribution in [0.3, 0.4) is 0 Å². The number of aromatic nitrogens is 1. The molecule has 2 aliphatic rings. The lowest BCUT2D eigenvalue weighted by molar-refractivity contribution is -0.168. The van der Waals surface area contributed by atoms with Crippen LogP contribution in [-0.4, -0.2) is 61.9 Å². The Labute approximate surface area is 267 Å². The summed E-state index contributed by atoms with van der Waals surface area (Å²) in [6, 6.07) is 3.13. The number of hydrogen-bond donors (Lipinski definition) is 1. The van der Waals surface area contributed by atoms with Crippen molar-refractivity contribution >= 4 is 29.1 Å². The molecule has 0 saturated carbocycles. The Balaban J connectivity index is 1.65. The van der Waals surface area contributed by atoms with E-state index < -0.39 is 69.8 Å². The number of fused-ring (bicyclic) bond motifs is 1. The van der Waals surface area contributed by atoms with Gasteiger partial charge in [0.05, 0.1) is 11.6 Å². The average Bonchev–Trinajstić information content (AvgIpc) is 3.49. The van der Waals surface area contributed by atoms with Crippen molar-refractivity contribution in [1.29, 1.82) is 0 Å². The van der Waals surface area contributed by atoms with Gasteiger partial charge in [-0.25, -0.2) is 9.18 Å². The molecule has 2 amide bonds. The molecule has 0 unspecified atom stereocenters. The van der Waals surface area contributed by atoms with Gasteiger partial charge < -0.3 is 19.6 Å². The summed E-state index contributed by atoms with van der Waals surface area (Å²) in [5.74, 6) is -4.61. The van der Waals surface area contributed by atoms with E-state index in [1.807, 2.05) is 0 Å².